The first-order chi connectivity index (χ1) is 15.1. The third kappa shape index (κ3) is 4.32. The standard InChI is InChI=1S/C21H22N6O4/c1-14-23-24-25-27(14)17-13-15(7-8-18(17)30-2)22-20(28)9-10-21(29)26-11-12-31-19-6-4-3-5-16(19)26/h3-8,13H,9-12H2,1-2H3,(H,22,28). The van der Waals surface area contributed by atoms with Crippen molar-refractivity contribution >= 4 is 23.2 Å². The van der Waals surface area contributed by atoms with Crippen LogP contribution in [0, 0.1) is 6.92 Å². The number of carbonyl (C=O) groups is 2. The Balaban J connectivity index is 1.41. The molecule has 2 aromatic carbocycles. The van der Waals surface area contributed by atoms with Crippen molar-refractivity contribution in [3.8, 4) is 17.2 Å². The van der Waals surface area contributed by atoms with Crippen LogP contribution in [0.2, 0.25) is 0 Å². The Labute approximate surface area is 178 Å². The van der Waals surface area contributed by atoms with Gasteiger partial charge in [-0.1, -0.05) is 12.1 Å². The first kappa shape index (κ1) is 20.3. The number of methoxy groups -OCH3 is 1. The van der Waals surface area contributed by atoms with E-state index < -0.39 is 0 Å². The number of ether oxygens (including phenoxy) is 2. The Kier molecular flexibility index (Phi) is 5.78. The number of fused-ring (bicyclic) bond motifs is 1. The van der Waals surface area contributed by atoms with E-state index >= 15 is 0 Å². The summed E-state index contributed by atoms with van der Waals surface area (Å²) in [5.41, 5.74) is 1.89. The molecule has 1 aromatic heterocycles. The number of carbonyl (C=O) groups excluding carboxylic acids is 2. The lowest BCUT2D eigenvalue weighted by Crippen LogP contribution is -2.38. The number of benzene rings is 2. The second-order valence-electron chi connectivity index (χ2n) is 6.93. The molecule has 31 heavy (non-hydrogen) atoms. The molecule has 1 aliphatic rings. The highest BCUT2D eigenvalue weighted by atomic mass is 16.5. The maximum absolute atomic E-state index is 12.7. The molecule has 0 atom stereocenters. The number of aryl methyl sites for hydroxylation is 1. The molecule has 0 bridgehead atoms. The summed E-state index contributed by atoms with van der Waals surface area (Å²) in [6.45, 7) is 2.66. The van der Waals surface area contributed by atoms with E-state index in [1.165, 1.54) is 4.68 Å². The van der Waals surface area contributed by atoms with E-state index in [4.69, 9.17) is 9.47 Å². The number of anilines is 2. The van der Waals surface area contributed by atoms with E-state index in [0.29, 0.717) is 41.8 Å². The van der Waals surface area contributed by atoms with Gasteiger partial charge in [0.2, 0.25) is 11.8 Å². The van der Waals surface area contributed by atoms with E-state index in [1.807, 2.05) is 24.3 Å². The average Bonchev–Trinajstić information content (AvgIpc) is 3.22. The SMILES string of the molecule is COc1ccc(NC(=O)CCC(=O)N2CCOc3ccccc32)cc1-n1nnnc1C. The molecule has 0 spiro atoms. The Hall–Kier alpha value is -3.95. The molecule has 3 aromatic rings. The maximum atomic E-state index is 12.7. The van der Waals surface area contributed by atoms with Crippen LogP contribution in [0.5, 0.6) is 11.5 Å². The topological polar surface area (TPSA) is 111 Å². The molecular formula is C21H22N6O4. The fourth-order valence-corrected chi connectivity index (χ4v) is 3.40. The van der Waals surface area contributed by atoms with Crippen molar-refractivity contribution in [3.05, 3.63) is 48.3 Å². The van der Waals surface area contributed by atoms with Crippen molar-refractivity contribution in [2.75, 3.05) is 30.5 Å². The number of nitrogens with one attached hydrogen (secondary N) is 1. The van der Waals surface area contributed by atoms with Gasteiger partial charge >= 0.3 is 0 Å². The summed E-state index contributed by atoms with van der Waals surface area (Å²) in [5.74, 6) is 1.44. The monoisotopic (exact) mass is 422 g/mol. The molecule has 2 amide bonds. The van der Waals surface area contributed by atoms with Gasteiger partial charge in [0.15, 0.2) is 5.82 Å². The number of rotatable bonds is 6. The lowest BCUT2D eigenvalue weighted by atomic mass is 10.2. The molecule has 10 nitrogen and oxygen atoms in total. The van der Waals surface area contributed by atoms with Crippen LogP contribution in [0.1, 0.15) is 18.7 Å². The van der Waals surface area contributed by atoms with Crippen LogP contribution in [0.4, 0.5) is 11.4 Å². The molecule has 0 fully saturated rings. The zero-order chi connectivity index (χ0) is 21.8. The van der Waals surface area contributed by atoms with Crippen molar-refractivity contribution < 1.29 is 19.1 Å². The predicted molar refractivity (Wildman–Crippen MR) is 113 cm³/mol. The Morgan fingerprint density at radius 2 is 2.00 bits per heavy atom. The van der Waals surface area contributed by atoms with E-state index in [0.717, 1.165) is 5.69 Å². The highest BCUT2D eigenvalue weighted by Gasteiger charge is 2.23. The highest BCUT2D eigenvalue weighted by Crippen LogP contribution is 2.31. The van der Waals surface area contributed by atoms with Gasteiger partial charge in [0.25, 0.3) is 0 Å². The molecule has 0 saturated heterocycles. The number of para-hydroxylation sites is 2. The summed E-state index contributed by atoms with van der Waals surface area (Å²) in [7, 11) is 1.55. The van der Waals surface area contributed by atoms with Gasteiger partial charge < -0.3 is 19.7 Å². The Morgan fingerprint density at radius 1 is 1.16 bits per heavy atom. The van der Waals surface area contributed by atoms with E-state index in [9.17, 15) is 9.59 Å². The van der Waals surface area contributed by atoms with Crippen LogP contribution in [-0.2, 0) is 9.59 Å². The van der Waals surface area contributed by atoms with E-state index in [1.54, 1.807) is 37.1 Å². The quantitative estimate of drug-likeness (QED) is 0.648. The predicted octanol–water partition coefficient (Wildman–Crippen LogP) is 2.12. The fraction of sp³-hybridized carbons (Fsp3) is 0.286. The van der Waals surface area contributed by atoms with Crippen LogP contribution in [0.25, 0.3) is 5.69 Å². The second-order valence-corrected chi connectivity index (χ2v) is 6.93. The zero-order valence-electron chi connectivity index (χ0n) is 17.2. The third-order valence-electron chi connectivity index (χ3n) is 4.91. The summed E-state index contributed by atoms with van der Waals surface area (Å²) in [5, 5.41) is 14.3. The fourth-order valence-electron chi connectivity index (χ4n) is 3.40. The first-order valence-corrected chi connectivity index (χ1v) is 9.82. The van der Waals surface area contributed by atoms with Crippen molar-refractivity contribution in [1.29, 1.82) is 0 Å². The van der Waals surface area contributed by atoms with Crippen LogP contribution in [0.3, 0.4) is 0 Å². The van der Waals surface area contributed by atoms with Gasteiger partial charge in [-0.3, -0.25) is 9.59 Å². The zero-order valence-corrected chi connectivity index (χ0v) is 17.2. The Morgan fingerprint density at radius 3 is 2.77 bits per heavy atom. The van der Waals surface area contributed by atoms with Gasteiger partial charge in [0, 0.05) is 18.5 Å². The molecule has 0 radical (unpaired) electrons. The largest absolute Gasteiger partial charge is 0.494 e. The minimum Gasteiger partial charge on any atom is -0.494 e. The van der Waals surface area contributed by atoms with Gasteiger partial charge in [0.05, 0.1) is 19.3 Å². The summed E-state index contributed by atoms with van der Waals surface area (Å²) in [6.07, 6.45) is 0.152. The van der Waals surface area contributed by atoms with Crippen molar-refractivity contribution in [1.82, 2.24) is 20.2 Å². The first-order valence-electron chi connectivity index (χ1n) is 9.82. The number of hydrogen-bond donors (Lipinski definition) is 1. The maximum Gasteiger partial charge on any atom is 0.227 e. The number of aromatic nitrogens is 4. The third-order valence-corrected chi connectivity index (χ3v) is 4.91. The molecular weight excluding hydrogens is 400 g/mol. The van der Waals surface area contributed by atoms with Gasteiger partial charge in [-0.25, -0.2) is 0 Å². The summed E-state index contributed by atoms with van der Waals surface area (Å²) in [4.78, 5) is 26.8. The molecule has 4 rings (SSSR count). The van der Waals surface area contributed by atoms with Crippen LogP contribution >= 0.6 is 0 Å². The van der Waals surface area contributed by atoms with Crippen molar-refractivity contribution in [2.45, 2.75) is 19.8 Å². The second kappa shape index (κ2) is 8.82. The van der Waals surface area contributed by atoms with E-state index in [-0.39, 0.29) is 24.7 Å². The number of nitrogens with zero attached hydrogens (tertiary/aromatic N) is 5. The molecule has 2 heterocycles. The summed E-state index contributed by atoms with van der Waals surface area (Å²) >= 11 is 0. The number of hydrogen-bond acceptors (Lipinski definition) is 7. The van der Waals surface area contributed by atoms with Crippen molar-refractivity contribution in [2.24, 2.45) is 0 Å². The highest BCUT2D eigenvalue weighted by molar-refractivity contribution is 5.99. The smallest absolute Gasteiger partial charge is 0.227 e. The van der Waals surface area contributed by atoms with Gasteiger partial charge in [-0.2, -0.15) is 4.68 Å². The minimum absolute atomic E-state index is 0.0592. The molecule has 160 valence electrons. The van der Waals surface area contributed by atoms with Crippen LogP contribution in [-0.4, -0.2) is 52.3 Å². The normalized spacial score (nSPS) is 12.6. The van der Waals surface area contributed by atoms with E-state index in [2.05, 4.69) is 20.8 Å². The number of tetrazole rings is 1. The van der Waals surface area contributed by atoms with Crippen molar-refractivity contribution in [3.63, 3.8) is 0 Å². The molecule has 10 heteroatoms. The number of amides is 2. The van der Waals surface area contributed by atoms with Gasteiger partial charge in [-0.15, -0.1) is 5.10 Å². The average molecular weight is 422 g/mol. The molecule has 1 aliphatic heterocycles. The molecule has 0 aliphatic carbocycles. The van der Waals surface area contributed by atoms with Gasteiger partial charge in [0.1, 0.15) is 23.8 Å². The van der Waals surface area contributed by atoms with Gasteiger partial charge in [-0.05, 0) is 47.7 Å². The molecule has 0 unspecified atom stereocenters. The minimum atomic E-state index is -0.264. The Bertz CT molecular complexity index is 1110. The lowest BCUT2D eigenvalue weighted by molar-refractivity contribution is -0.122. The molecule has 1 N–H and O–H groups in total. The summed E-state index contributed by atoms with van der Waals surface area (Å²) in [6, 6.07) is 12.6. The molecule has 0 saturated carbocycles. The van der Waals surface area contributed by atoms with Crippen LogP contribution in [0.15, 0.2) is 42.5 Å². The van der Waals surface area contributed by atoms with Crippen LogP contribution < -0.4 is 19.7 Å². The lowest BCUT2D eigenvalue weighted by Gasteiger charge is -2.29. The summed E-state index contributed by atoms with van der Waals surface area (Å²) < 4.78 is 12.5.